The van der Waals surface area contributed by atoms with Crippen LogP contribution >= 0.6 is 36.6 Å². The molecule has 0 unspecified atom stereocenters. The maximum absolute atomic E-state index is 11.8. The molecule has 23 heavy (non-hydrogen) atoms. The number of hydrogen-bond donors (Lipinski definition) is 2. The van der Waals surface area contributed by atoms with E-state index in [1.165, 1.54) is 5.56 Å². The fraction of sp³-hybridized carbons (Fsp3) is 0.250. The Hall–Kier alpha value is -1.27. The maximum Gasteiger partial charge on any atom is 0.244 e. The molecule has 0 aliphatic heterocycles. The van der Waals surface area contributed by atoms with Gasteiger partial charge in [0.25, 0.3) is 0 Å². The van der Waals surface area contributed by atoms with E-state index in [2.05, 4.69) is 16.4 Å². The lowest BCUT2D eigenvalue weighted by Crippen LogP contribution is -2.37. The van der Waals surface area contributed by atoms with Gasteiger partial charge in [-0.2, -0.15) is 0 Å². The summed E-state index contributed by atoms with van der Waals surface area (Å²) in [5.74, 6) is 0.795. The summed E-state index contributed by atoms with van der Waals surface area (Å²) in [6.07, 6.45) is 5.20. The molecular weight excluding hydrogens is 353 g/mol. The monoisotopic (exact) mass is 371 g/mol. The van der Waals surface area contributed by atoms with Gasteiger partial charge in [-0.1, -0.05) is 6.07 Å². The Morgan fingerprint density at radius 1 is 1.22 bits per heavy atom. The van der Waals surface area contributed by atoms with Gasteiger partial charge in [-0.15, -0.1) is 36.6 Å². The largest absolute Gasteiger partial charge is 0.324 e. The summed E-state index contributed by atoms with van der Waals surface area (Å²) in [7, 11) is 0. The fourth-order valence-corrected chi connectivity index (χ4v) is 2.73. The maximum atomic E-state index is 11.8. The van der Waals surface area contributed by atoms with Gasteiger partial charge in [-0.3, -0.25) is 9.78 Å². The van der Waals surface area contributed by atoms with Gasteiger partial charge in [0.05, 0.1) is 5.54 Å². The van der Waals surface area contributed by atoms with Gasteiger partial charge < -0.3 is 11.1 Å². The van der Waals surface area contributed by atoms with E-state index in [1.807, 2.05) is 36.5 Å². The summed E-state index contributed by atoms with van der Waals surface area (Å²) in [4.78, 5) is 17.1. The highest BCUT2D eigenvalue weighted by molar-refractivity contribution is 7.98. The van der Waals surface area contributed by atoms with Crippen LogP contribution in [0.25, 0.3) is 0 Å². The van der Waals surface area contributed by atoms with Crippen LogP contribution in [0, 0.1) is 0 Å². The summed E-state index contributed by atoms with van der Waals surface area (Å²) < 4.78 is 0. The molecule has 4 nitrogen and oxygen atoms in total. The van der Waals surface area contributed by atoms with E-state index >= 15 is 0 Å². The van der Waals surface area contributed by atoms with Crippen molar-refractivity contribution in [1.82, 2.24) is 4.98 Å². The lowest BCUT2D eigenvalue weighted by Gasteiger charge is -2.10. The average molecular weight is 372 g/mol. The standard InChI is InChI=1S/C16H17N3OS.2ClH/c17-16(7-8-16)15(20)19-13-3-5-14(6-4-13)21-11-12-2-1-9-18-10-12;;/h1-6,9-10H,7-8,11,17H2,(H,19,20);2*1H. The quantitative estimate of drug-likeness (QED) is 0.787. The normalized spacial score (nSPS) is 14.1. The van der Waals surface area contributed by atoms with E-state index in [0.29, 0.717) is 0 Å². The van der Waals surface area contributed by atoms with Gasteiger partial charge >= 0.3 is 0 Å². The van der Waals surface area contributed by atoms with Gasteiger partial charge in [0.2, 0.25) is 5.91 Å². The molecule has 3 rings (SSSR count). The van der Waals surface area contributed by atoms with E-state index in [4.69, 9.17) is 5.73 Å². The molecule has 1 heterocycles. The molecule has 1 aromatic carbocycles. The van der Waals surface area contributed by atoms with Crippen LogP contribution in [0.3, 0.4) is 0 Å². The molecule has 0 atom stereocenters. The number of anilines is 1. The Balaban J connectivity index is 0.00000132. The van der Waals surface area contributed by atoms with Crippen molar-refractivity contribution in [3.8, 4) is 0 Å². The number of pyridine rings is 1. The first kappa shape index (κ1) is 19.8. The van der Waals surface area contributed by atoms with Gasteiger partial charge in [0, 0.05) is 28.7 Å². The molecule has 1 aromatic heterocycles. The van der Waals surface area contributed by atoms with Crippen LogP contribution in [0.4, 0.5) is 5.69 Å². The Morgan fingerprint density at radius 3 is 2.48 bits per heavy atom. The predicted molar refractivity (Wildman–Crippen MR) is 99.5 cm³/mol. The second-order valence-electron chi connectivity index (χ2n) is 5.28. The number of amides is 1. The molecule has 1 aliphatic rings. The first-order valence-electron chi connectivity index (χ1n) is 6.88. The number of nitrogens with one attached hydrogen (secondary N) is 1. The number of rotatable bonds is 5. The van der Waals surface area contributed by atoms with Crippen molar-refractivity contribution in [3.05, 3.63) is 54.4 Å². The molecule has 7 heteroatoms. The van der Waals surface area contributed by atoms with E-state index in [9.17, 15) is 4.79 Å². The average Bonchev–Trinajstić information content (AvgIpc) is 3.27. The molecule has 0 radical (unpaired) electrons. The van der Waals surface area contributed by atoms with Crippen LogP contribution in [-0.2, 0) is 10.5 Å². The van der Waals surface area contributed by atoms with Crippen molar-refractivity contribution < 1.29 is 4.79 Å². The number of nitrogens with zero attached hydrogens (tertiary/aromatic N) is 1. The minimum atomic E-state index is -0.631. The lowest BCUT2D eigenvalue weighted by molar-refractivity contribution is -0.118. The molecule has 1 aliphatic carbocycles. The number of hydrogen-bond acceptors (Lipinski definition) is 4. The van der Waals surface area contributed by atoms with Gasteiger partial charge in [-0.25, -0.2) is 0 Å². The van der Waals surface area contributed by atoms with Crippen molar-refractivity contribution in [2.75, 3.05) is 5.32 Å². The van der Waals surface area contributed by atoms with Crippen LogP contribution in [0.1, 0.15) is 18.4 Å². The predicted octanol–water partition coefficient (Wildman–Crippen LogP) is 3.65. The van der Waals surface area contributed by atoms with Gasteiger partial charge in [-0.05, 0) is 48.7 Å². The minimum absolute atomic E-state index is 0. The summed E-state index contributed by atoms with van der Waals surface area (Å²) >= 11 is 1.74. The number of halogens is 2. The molecule has 0 spiro atoms. The van der Waals surface area contributed by atoms with Crippen LogP contribution in [-0.4, -0.2) is 16.4 Å². The Labute approximate surface area is 152 Å². The van der Waals surface area contributed by atoms with E-state index in [0.717, 1.165) is 29.2 Å². The van der Waals surface area contributed by atoms with Crippen LogP contribution < -0.4 is 11.1 Å². The van der Waals surface area contributed by atoms with Crippen molar-refractivity contribution in [2.45, 2.75) is 29.0 Å². The summed E-state index contributed by atoms with van der Waals surface area (Å²) in [5.41, 5.74) is 7.21. The molecule has 0 saturated heterocycles. The molecule has 3 N–H and O–H groups in total. The summed E-state index contributed by atoms with van der Waals surface area (Å²) in [5, 5.41) is 2.86. The number of thioether (sulfide) groups is 1. The Kier molecular flexibility index (Phi) is 7.35. The number of benzene rings is 1. The summed E-state index contributed by atoms with van der Waals surface area (Å²) in [6, 6.07) is 11.8. The minimum Gasteiger partial charge on any atom is -0.324 e. The van der Waals surface area contributed by atoms with Crippen molar-refractivity contribution in [3.63, 3.8) is 0 Å². The zero-order valence-corrected chi connectivity index (χ0v) is 14.8. The first-order valence-corrected chi connectivity index (χ1v) is 7.86. The van der Waals surface area contributed by atoms with E-state index < -0.39 is 5.54 Å². The second-order valence-corrected chi connectivity index (χ2v) is 6.33. The van der Waals surface area contributed by atoms with Gasteiger partial charge in [0.15, 0.2) is 0 Å². The highest BCUT2D eigenvalue weighted by Gasteiger charge is 2.45. The van der Waals surface area contributed by atoms with Crippen LogP contribution in [0.2, 0.25) is 0 Å². The van der Waals surface area contributed by atoms with E-state index in [1.54, 1.807) is 18.0 Å². The highest BCUT2D eigenvalue weighted by atomic mass is 35.5. The molecule has 1 fully saturated rings. The third-order valence-corrected chi connectivity index (χ3v) is 4.56. The molecule has 1 amide bonds. The molecule has 2 aromatic rings. The zero-order chi connectivity index (χ0) is 14.7. The van der Waals surface area contributed by atoms with Crippen LogP contribution in [0.15, 0.2) is 53.7 Å². The second kappa shape index (κ2) is 8.55. The molecular formula is C16H19Cl2N3OS. The van der Waals surface area contributed by atoms with Crippen molar-refractivity contribution >= 4 is 48.2 Å². The lowest BCUT2D eigenvalue weighted by atomic mass is 10.2. The SMILES string of the molecule is Cl.Cl.NC1(C(=O)Nc2ccc(SCc3cccnc3)cc2)CC1. The number of aromatic nitrogens is 1. The highest BCUT2D eigenvalue weighted by Crippen LogP contribution is 2.33. The molecule has 124 valence electrons. The van der Waals surface area contributed by atoms with Gasteiger partial charge in [0.1, 0.15) is 0 Å². The van der Waals surface area contributed by atoms with Crippen molar-refractivity contribution in [1.29, 1.82) is 0 Å². The fourth-order valence-electron chi connectivity index (χ4n) is 1.90. The van der Waals surface area contributed by atoms with E-state index in [-0.39, 0.29) is 30.7 Å². The van der Waals surface area contributed by atoms with Crippen molar-refractivity contribution in [2.24, 2.45) is 5.73 Å². The zero-order valence-electron chi connectivity index (χ0n) is 12.4. The van der Waals surface area contributed by atoms with Crippen LogP contribution in [0.5, 0.6) is 0 Å². The third-order valence-electron chi connectivity index (χ3n) is 3.48. The number of nitrogens with two attached hydrogens (primary N) is 1. The topological polar surface area (TPSA) is 68.0 Å². The molecule has 0 bridgehead atoms. The molecule has 1 saturated carbocycles. The first-order chi connectivity index (χ1) is 10.2. The Morgan fingerprint density at radius 2 is 1.91 bits per heavy atom. The number of carbonyl (C=O) groups excluding carboxylic acids is 1. The third kappa shape index (κ3) is 5.39. The Bertz CT molecular complexity index is 634. The number of carbonyl (C=O) groups is 1. The summed E-state index contributed by atoms with van der Waals surface area (Å²) in [6.45, 7) is 0. The smallest absolute Gasteiger partial charge is 0.244 e.